The Morgan fingerprint density at radius 2 is 1.97 bits per heavy atom. The van der Waals surface area contributed by atoms with Crippen molar-refractivity contribution in [1.82, 2.24) is 9.88 Å². The van der Waals surface area contributed by atoms with Crippen LogP contribution >= 0.6 is 23.2 Å². The molecule has 0 bridgehead atoms. The van der Waals surface area contributed by atoms with Crippen LogP contribution in [-0.2, 0) is 9.59 Å². The minimum absolute atomic E-state index is 0.0998. The summed E-state index contributed by atoms with van der Waals surface area (Å²) in [6.45, 7) is 1.86. The van der Waals surface area contributed by atoms with Crippen molar-refractivity contribution in [3.8, 4) is 0 Å². The molecule has 0 radical (unpaired) electrons. The van der Waals surface area contributed by atoms with Crippen molar-refractivity contribution in [2.24, 2.45) is 5.92 Å². The number of benzene rings is 1. The van der Waals surface area contributed by atoms with Crippen molar-refractivity contribution in [3.05, 3.63) is 52.4 Å². The lowest BCUT2D eigenvalue weighted by Gasteiger charge is -2.31. The number of pyridine rings is 1. The third-order valence-corrected chi connectivity index (χ3v) is 5.17. The Kier molecular flexibility index (Phi) is 7.41. The summed E-state index contributed by atoms with van der Waals surface area (Å²) < 4.78 is 13.8. The van der Waals surface area contributed by atoms with Gasteiger partial charge in [-0.1, -0.05) is 23.2 Å². The van der Waals surface area contributed by atoms with E-state index in [0.29, 0.717) is 23.9 Å². The predicted molar refractivity (Wildman–Crippen MR) is 112 cm³/mol. The zero-order chi connectivity index (χ0) is 20.8. The van der Waals surface area contributed by atoms with Crippen molar-refractivity contribution in [2.45, 2.75) is 19.3 Å². The molecular formula is C20H21Cl2FN4O2. The normalized spacial score (nSPS) is 17.0. The van der Waals surface area contributed by atoms with Gasteiger partial charge in [0.25, 0.3) is 0 Å². The van der Waals surface area contributed by atoms with Crippen LogP contribution < -0.4 is 10.6 Å². The van der Waals surface area contributed by atoms with E-state index in [1.165, 1.54) is 18.3 Å². The second kappa shape index (κ2) is 10.0. The summed E-state index contributed by atoms with van der Waals surface area (Å²) in [5, 5.41) is 6.12. The van der Waals surface area contributed by atoms with E-state index in [9.17, 15) is 14.0 Å². The third kappa shape index (κ3) is 6.39. The molecule has 1 aromatic carbocycles. The number of carbonyl (C=O) groups excluding carboxylic acids is 2. The smallest absolute Gasteiger partial charge is 0.229 e. The SMILES string of the molecule is O=C(CCN1CCCC(C(=O)Nc2ccc(Cl)cn2)C1)Nc1ccc(Cl)cc1F. The Bertz CT molecular complexity index is 879. The van der Waals surface area contributed by atoms with E-state index >= 15 is 0 Å². The summed E-state index contributed by atoms with van der Waals surface area (Å²) in [7, 11) is 0. The lowest BCUT2D eigenvalue weighted by Crippen LogP contribution is -2.41. The molecule has 1 atom stereocenters. The Morgan fingerprint density at radius 1 is 1.17 bits per heavy atom. The number of likely N-dealkylation sites (tertiary alicyclic amines) is 1. The summed E-state index contributed by atoms with van der Waals surface area (Å²) in [5.41, 5.74) is 0.103. The van der Waals surface area contributed by atoms with Gasteiger partial charge in [0.05, 0.1) is 16.6 Å². The van der Waals surface area contributed by atoms with E-state index < -0.39 is 5.82 Å². The van der Waals surface area contributed by atoms with Crippen LogP contribution in [0.4, 0.5) is 15.9 Å². The molecule has 0 saturated carbocycles. The van der Waals surface area contributed by atoms with E-state index in [0.717, 1.165) is 25.5 Å². The molecule has 6 nitrogen and oxygen atoms in total. The van der Waals surface area contributed by atoms with E-state index in [2.05, 4.69) is 20.5 Å². The molecule has 1 unspecified atom stereocenters. The summed E-state index contributed by atoms with van der Waals surface area (Å²) in [6, 6.07) is 7.42. The minimum atomic E-state index is -0.573. The molecule has 1 aliphatic rings. The fraction of sp³-hybridized carbons (Fsp3) is 0.350. The van der Waals surface area contributed by atoms with Gasteiger partial charge >= 0.3 is 0 Å². The molecule has 1 fully saturated rings. The third-order valence-electron chi connectivity index (χ3n) is 4.72. The highest BCUT2D eigenvalue weighted by atomic mass is 35.5. The van der Waals surface area contributed by atoms with Crippen molar-refractivity contribution >= 4 is 46.5 Å². The van der Waals surface area contributed by atoms with Crippen LogP contribution in [0.5, 0.6) is 0 Å². The van der Waals surface area contributed by atoms with Gasteiger partial charge in [0.15, 0.2) is 0 Å². The lowest BCUT2D eigenvalue weighted by molar-refractivity contribution is -0.121. The molecule has 1 saturated heterocycles. The Labute approximate surface area is 178 Å². The Balaban J connectivity index is 1.47. The summed E-state index contributed by atoms with van der Waals surface area (Å²) in [6.07, 6.45) is 3.32. The molecule has 1 aliphatic heterocycles. The molecule has 29 heavy (non-hydrogen) atoms. The topological polar surface area (TPSA) is 74.3 Å². The molecule has 2 amide bonds. The number of hydrogen-bond acceptors (Lipinski definition) is 4. The first-order valence-electron chi connectivity index (χ1n) is 9.30. The summed E-state index contributed by atoms with van der Waals surface area (Å²) in [4.78, 5) is 30.8. The van der Waals surface area contributed by atoms with Crippen molar-refractivity contribution < 1.29 is 14.0 Å². The molecule has 2 heterocycles. The van der Waals surface area contributed by atoms with Crippen molar-refractivity contribution in [1.29, 1.82) is 0 Å². The first kappa shape index (κ1) is 21.5. The molecular weight excluding hydrogens is 418 g/mol. The van der Waals surface area contributed by atoms with Crippen LogP contribution in [0.25, 0.3) is 0 Å². The largest absolute Gasteiger partial charge is 0.324 e. The molecule has 9 heteroatoms. The quantitative estimate of drug-likeness (QED) is 0.708. The maximum atomic E-state index is 13.8. The molecule has 0 aliphatic carbocycles. The van der Waals surface area contributed by atoms with Crippen LogP contribution in [-0.4, -0.2) is 41.3 Å². The average molecular weight is 439 g/mol. The second-order valence-corrected chi connectivity index (χ2v) is 7.79. The molecule has 2 N–H and O–H groups in total. The summed E-state index contributed by atoms with van der Waals surface area (Å²) >= 11 is 11.5. The Morgan fingerprint density at radius 3 is 2.69 bits per heavy atom. The molecule has 154 valence electrons. The highest BCUT2D eigenvalue weighted by Crippen LogP contribution is 2.21. The zero-order valence-corrected chi connectivity index (χ0v) is 17.1. The van der Waals surface area contributed by atoms with Crippen molar-refractivity contribution in [3.63, 3.8) is 0 Å². The number of rotatable bonds is 6. The van der Waals surface area contributed by atoms with E-state index in [4.69, 9.17) is 23.2 Å². The number of halogens is 3. The minimum Gasteiger partial charge on any atom is -0.324 e. The average Bonchev–Trinajstić information content (AvgIpc) is 2.70. The predicted octanol–water partition coefficient (Wildman–Crippen LogP) is 4.21. The zero-order valence-electron chi connectivity index (χ0n) is 15.6. The van der Waals surface area contributed by atoms with Gasteiger partial charge in [0.2, 0.25) is 11.8 Å². The van der Waals surface area contributed by atoms with E-state index in [1.54, 1.807) is 12.1 Å². The Hall–Kier alpha value is -2.22. The highest BCUT2D eigenvalue weighted by molar-refractivity contribution is 6.30. The number of nitrogens with zero attached hydrogens (tertiary/aromatic N) is 2. The van der Waals surface area contributed by atoms with Gasteiger partial charge in [-0.05, 0) is 49.7 Å². The van der Waals surface area contributed by atoms with E-state index in [-0.39, 0.29) is 34.9 Å². The van der Waals surface area contributed by atoms with Crippen LogP contribution in [0.3, 0.4) is 0 Å². The monoisotopic (exact) mass is 438 g/mol. The fourth-order valence-corrected chi connectivity index (χ4v) is 3.48. The first-order chi connectivity index (χ1) is 13.9. The van der Waals surface area contributed by atoms with Gasteiger partial charge in [0.1, 0.15) is 11.6 Å². The standard InChI is InChI=1S/C20H21Cl2FN4O2/c21-14-3-5-17(16(23)10-14)25-19(28)7-9-27-8-1-2-13(12-27)20(29)26-18-6-4-15(22)11-24-18/h3-6,10-11,13H,1-2,7-9,12H2,(H,25,28)(H,24,26,29). The lowest BCUT2D eigenvalue weighted by atomic mass is 9.97. The van der Waals surface area contributed by atoms with Gasteiger partial charge in [-0.2, -0.15) is 0 Å². The van der Waals surface area contributed by atoms with Gasteiger partial charge < -0.3 is 15.5 Å². The number of nitrogens with one attached hydrogen (secondary N) is 2. The first-order valence-corrected chi connectivity index (χ1v) is 10.1. The van der Waals surface area contributed by atoms with E-state index in [1.807, 2.05) is 0 Å². The molecule has 2 aromatic rings. The number of aromatic nitrogens is 1. The number of carbonyl (C=O) groups is 2. The molecule has 1 aromatic heterocycles. The number of hydrogen-bond donors (Lipinski definition) is 2. The van der Waals surface area contributed by atoms with Gasteiger partial charge in [-0.25, -0.2) is 9.37 Å². The van der Waals surface area contributed by atoms with Crippen LogP contribution in [0.1, 0.15) is 19.3 Å². The summed E-state index contributed by atoms with van der Waals surface area (Å²) in [5.74, 6) is -0.685. The number of anilines is 2. The fourth-order valence-electron chi connectivity index (χ4n) is 3.21. The molecule has 0 spiro atoms. The van der Waals surface area contributed by atoms with Gasteiger partial charge in [-0.3, -0.25) is 9.59 Å². The van der Waals surface area contributed by atoms with Gasteiger partial charge in [0, 0.05) is 30.7 Å². The number of piperidine rings is 1. The van der Waals surface area contributed by atoms with Gasteiger partial charge in [-0.15, -0.1) is 0 Å². The number of amides is 2. The maximum Gasteiger partial charge on any atom is 0.229 e. The second-order valence-electron chi connectivity index (χ2n) is 6.91. The molecule has 3 rings (SSSR count). The van der Waals surface area contributed by atoms with Crippen LogP contribution in [0, 0.1) is 11.7 Å². The highest BCUT2D eigenvalue weighted by Gasteiger charge is 2.26. The van der Waals surface area contributed by atoms with Crippen molar-refractivity contribution in [2.75, 3.05) is 30.3 Å². The maximum absolute atomic E-state index is 13.8. The van der Waals surface area contributed by atoms with Crippen LogP contribution in [0.2, 0.25) is 10.0 Å². The van der Waals surface area contributed by atoms with Crippen LogP contribution in [0.15, 0.2) is 36.5 Å².